The minimum Gasteiger partial charge on any atom is -0.480 e. The molecule has 0 saturated heterocycles. The normalized spacial score (nSPS) is 13.1. The van der Waals surface area contributed by atoms with Crippen LogP contribution < -0.4 is 5.56 Å². The SMILES string of the molecule is CC(C)[C@H](C(=O)O)n1ccc2c(cnc3ccnn32)c1=O. The number of carbonyl (C=O) groups is 1. The van der Waals surface area contributed by atoms with Crippen LogP contribution in [0.3, 0.4) is 0 Å². The summed E-state index contributed by atoms with van der Waals surface area (Å²) in [6.07, 6.45) is 4.57. The van der Waals surface area contributed by atoms with Crippen molar-refractivity contribution in [1.82, 2.24) is 19.2 Å². The van der Waals surface area contributed by atoms with Crippen LogP contribution >= 0.6 is 0 Å². The van der Waals surface area contributed by atoms with Crippen LogP contribution in [0.4, 0.5) is 0 Å². The minimum atomic E-state index is -1.03. The van der Waals surface area contributed by atoms with Crippen LogP contribution in [0, 0.1) is 5.92 Å². The number of fused-ring (bicyclic) bond motifs is 3. The Morgan fingerprint density at radius 1 is 1.33 bits per heavy atom. The van der Waals surface area contributed by atoms with E-state index in [-0.39, 0.29) is 11.5 Å². The molecule has 0 spiro atoms. The number of carboxylic acid groups (broad SMARTS) is 1. The molecule has 108 valence electrons. The van der Waals surface area contributed by atoms with E-state index in [4.69, 9.17) is 0 Å². The Morgan fingerprint density at radius 2 is 2.10 bits per heavy atom. The fraction of sp³-hybridized carbons (Fsp3) is 0.286. The fourth-order valence-electron chi connectivity index (χ4n) is 2.52. The number of hydrogen-bond donors (Lipinski definition) is 1. The summed E-state index contributed by atoms with van der Waals surface area (Å²) in [6.45, 7) is 3.54. The van der Waals surface area contributed by atoms with Crippen molar-refractivity contribution < 1.29 is 9.90 Å². The van der Waals surface area contributed by atoms with E-state index in [1.165, 1.54) is 17.0 Å². The van der Waals surface area contributed by atoms with Gasteiger partial charge in [0.25, 0.3) is 5.56 Å². The summed E-state index contributed by atoms with van der Waals surface area (Å²) in [7, 11) is 0. The molecule has 0 aliphatic carbocycles. The highest BCUT2D eigenvalue weighted by atomic mass is 16.4. The van der Waals surface area contributed by atoms with Crippen molar-refractivity contribution in [3.63, 3.8) is 0 Å². The van der Waals surface area contributed by atoms with Gasteiger partial charge in [-0.3, -0.25) is 4.79 Å². The van der Waals surface area contributed by atoms with Gasteiger partial charge in [-0.2, -0.15) is 5.10 Å². The zero-order valence-electron chi connectivity index (χ0n) is 11.6. The van der Waals surface area contributed by atoms with Gasteiger partial charge in [-0.05, 0) is 12.0 Å². The third-order valence-electron chi connectivity index (χ3n) is 3.49. The predicted octanol–water partition coefficient (Wildman–Crippen LogP) is 1.33. The quantitative estimate of drug-likeness (QED) is 0.784. The van der Waals surface area contributed by atoms with Gasteiger partial charge < -0.3 is 9.67 Å². The van der Waals surface area contributed by atoms with Gasteiger partial charge in [-0.25, -0.2) is 14.3 Å². The molecule has 0 bridgehead atoms. The zero-order chi connectivity index (χ0) is 15.1. The summed E-state index contributed by atoms with van der Waals surface area (Å²) in [4.78, 5) is 28.1. The zero-order valence-corrected chi connectivity index (χ0v) is 11.6. The number of pyridine rings is 1. The summed E-state index contributed by atoms with van der Waals surface area (Å²) in [5, 5.41) is 13.8. The van der Waals surface area contributed by atoms with E-state index in [0.717, 1.165) is 0 Å². The van der Waals surface area contributed by atoms with Crippen LogP contribution in [0.2, 0.25) is 0 Å². The number of hydrogen-bond acceptors (Lipinski definition) is 4. The van der Waals surface area contributed by atoms with Crippen molar-refractivity contribution in [3.05, 3.63) is 41.1 Å². The van der Waals surface area contributed by atoms with Gasteiger partial charge in [0.05, 0.1) is 17.1 Å². The second kappa shape index (κ2) is 4.69. The van der Waals surface area contributed by atoms with Crippen molar-refractivity contribution in [2.75, 3.05) is 0 Å². The highest BCUT2D eigenvalue weighted by molar-refractivity contribution is 5.80. The Balaban J connectivity index is 2.32. The van der Waals surface area contributed by atoms with Crippen molar-refractivity contribution in [1.29, 1.82) is 0 Å². The highest BCUT2D eigenvalue weighted by Gasteiger charge is 2.25. The van der Waals surface area contributed by atoms with E-state index in [1.807, 2.05) is 0 Å². The average Bonchev–Trinajstić information content (AvgIpc) is 2.89. The Kier molecular flexibility index (Phi) is 2.97. The molecule has 7 heteroatoms. The maximum atomic E-state index is 12.6. The average molecular weight is 286 g/mol. The van der Waals surface area contributed by atoms with Crippen LogP contribution in [0.15, 0.2) is 35.5 Å². The molecule has 0 aromatic carbocycles. The standard InChI is InChI=1S/C14H14N4O3/c1-8(2)12(14(20)21)17-6-4-10-9(13(17)19)7-15-11-3-5-16-18(10)11/h3-8,12H,1-2H3,(H,20,21)/t12-/m1/s1. The third kappa shape index (κ3) is 1.97. The Labute approximate surface area is 119 Å². The predicted molar refractivity (Wildman–Crippen MR) is 76.3 cm³/mol. The van der Waals surface area contributed by atoms with Crippen LogP contribution in [-0.4, -0.2) is 30.2 Å². The van der Waals surface area contributed by atoms with Gasteiger partial charge in [0.15, 0.2) is 5.65 Å². The fourth-order valence-corrected chi connectivity index (χ4v) is 2.52. The second-order valence-electron chi connectivity index (χ2n) is 5.21. The largest absolute Gasteiger partial charge is 0.480 e. The van der Waals surface area contributed by atoms with Gasteiger partial charge in [0, 0.05) is 18.5 Å². The van der Waals surface area contributed by atoms with E-state index in [0.29, 0.717) is 16.6 Å². The molecule has 0 radical (unpaired) electrons. The first kappa shape index (κ1) is 13.3. The maximum absolute atomic E-state index is 12.6. The lowest BCUT2D eigenvalue weighted by atomic mass is 10.0. The van der Waals surface area contributed by atoms with Crippen LogP contribution in [0.25, 0.3) is 16.6 Å². The summed E-state index contributed by atoms with van der Waals surface area (Å²) >= 11 is 0. The lowest BCUT2D eigenvalue weighted by molar-refractivity contribution is -0.142. The van der Waals surface area contributed by atoms with Crippen molar-refractivity contribution in [2.24, 2.45) is 5.92 Å². The Bertz CT molecular complexity index is 894. The molecule has 3 aromatic heterocycles. The molecule has 0 amide bonds. The third-order valence-corrected chi connectivity index (χ3v) is 3.49. The van der Waals surface area contributed by atoms with E-state index in [1.54, 1.807) is 36.7 Å². The molecule has 3 heterocycles. The Morgan fingerprint density at radius 3 is 2.76 bits per heavy atom. The smallest absolute Gasteiger partial charge is 0.327 e. The molecule has 0 aliphatic heterocycles. The van der Waals surface area contributed by atoms with Crippen molar-refractivity contribution in [2.45, 2.75) is 19.9 Å². The van der Waals surface area contributed by atoms with E-state index in [2.05, 4.69) is 10.1 Å². The summed E-state index contributed by atoms with van der Waals surface area (Å²) in [5.74, 6) is -1.24. The summed E-state index contributed by atoms with van der Waals surface area (Å²) in [5.41, 5.74) is 0.871. The van der Waals surface area contributed by atoms with Gasteiger partial charge in [0.1, 0.15) is 6.04 Å². The van der Waals surface area contributed by atoms with Gasteiger partial charge in [-0.15, -0.1) is 0 Å². The van der Waals surface area contributed by atoms with E-state index < -0.39 is 12.0 Å². The molecular formula is C14H14N4O3. The van der Waals surface area contributed by atoms with E-state index >= 15 is 0 Å². The molecule has 3 rings (SSSR count). The first-order valence-electron chi connectivity index (χ1n) is 6.57. The van der Waals surface area contributed by atoms with E-state index in [9.17, 15) is 14.7 Å². The lowest BCUT2D eigenvalue weighted by Gasteiger charge is -2.19. The molecule has 0 unspecified atom stereocenters. The molecule has 0 saturated carbocycles. The second-order valence-corrected chi connectivity index (χ2v) is 5.21. The molecule has 7 nitrogen and oxygen atoms in total. The molecular weight excluding hydrogens is 272 g/mol. The lowest BCUT2D eigenvalue weighted by Crippen LogP contribution is -2.33. The highest BCUT2D eigenvalue weighted by Crippen LogP contribution is 2.18. The van der Waals surface area contributed by atoms with Gasteiger partial charge in [0.2, 0.25) is 0 Å². The number of aromatic nitrogens is 4. The minimum absolute atomic E-state index is 0.209. The maximum Gasteiger partial charge on any atom is 0.327 e. The number of aliphatic carboxylic acids is 1. The summed E-state index contributed by atoms with van der Waals surface area (Å²) in [6, 6.07) is 2.52. The monoisotopic (exact) mass is 286 g/mol. The Hall–Kier alpha value is -2.70. The summed E-state index contributed by atoms with van der Waals surface area (Å²) < 4.78 is 2.80. The molecule has 0 fully saturated rings. The van der Waals surface area contributed by atoms with Gasteiger partial charge >= 0.3 is 5.97 Å². The first-order chi connectivity index (χ1) is 10.0. The molecule has 21 heavy (non-hydrogen) atoms. The number of nitrogens with zero attached hydrogens (tertiary/aromatic N) is 4. The molecule has 0 aliphatic rings. The van der Waals surface area contributed by atoms with Crippen molar-refractivity contribution in [3.8, 4) is 0 Å². The number of rotatable bonds is 3. The topological polar surface area (TPSA) is 89.5 Å². The van der Waals surface area contributed by atoms with Crippen molar-refractivity contribution >= 4 is 22.5 Å². The number of carboxylic acids is 1. The first-order valence-corrected chi connectivity index (χ1v) is 6.57. The van der Waals surface area contributed by atoms with Crippen LogP contribution in [0.1, 0.15) is 19.9 Å². The molecule has 1 atom stereocenters. The van der Waals surface area contributed by atoms with Crippen LogP contribution in [-0.2, 0) is 4.79 Å². The van der Waals surface area contributed by atoms with Gasteiger partial charge in [-0.1, -0.05) is 13.8 Å². The molecule has 1 N–H and O–H groups in total. The van der Waals surface area contributed by atoms with Crippen LogP contribution in [0.5, 0.6) is 0 Å². The molecule has 3 aromatic rings.